The Morgan fingerprint density at radius 3 is 2.26 bits per heavy atom. The highest BCUT2D eigenvalue weighted by atomic mass is 14.7. The van der Waals surface area contributed by atoms with Crippen LogP contribution in [0.3, 0.4) is 0 Å². The maximum absolute atomic E-state index is 6.83. The van der Waals surface area contributed by atoms with Gasteiger partial charge in [-0.05, 0) is 62.9 Å². The summed E-state index contributed by atoms with van der Waals surface area (Å²) < 4.78 is 0. The SMILES string of the molecule is CCC(N)(CC)c1ccc2c(c1)C(C)(C)c1cccc3c(-c4nccc5ccccc45)ccc-2c13. The second-order valence-corrected chi connectivity index (χ2v) is 10.5. The highest BCUT2D eigenvalue weighted by Gasteiger charge is 2.35. The molecule has 0 saturated carbocycles. The lowest BCUT2D eigenvalue weighted by Crippen LogP contribution is -2.36. The van der Waals surface area contributed by atoms with Crippen molar-refractivity contribution in [3.63, 3.8) is 0 Å². The predicted octanol–water partition coefficient (Wildman–Crippen LogP) is 8.34. The summed E-state index contributed by atoms with van der Waals surface area (Å²) >= 11 is 0. The number of hydrogen-bond donors (Lipinski definition) is 1. The topological polar surface area (TPSA) is 38.9 Å². The van der Waals surface area contributed by atoms with E-state index in [2.05, 4.69) is 107 Å². The van der Waals surface area contributed by atoms with Crippen molar-refractivity contribution in [3.8, 4) is 22.4 Å². The van der Waals surface area contributed by atoms with Crippen LogP contribution >= 0.6 is 0 Å². The lowest BCUT2D eigenvalue weighted by molar-refractivity contribution is 0.412. The van der Waals surface area contributed by atoms with Crippen molar-refractivity contribution in [2.45, 2.75) is 51.5 Å². The van der Waals surface area contributed by atoms with Crippen molar-refractivity contribution in [1.82, 2.24) is 4.98 Å². The summed E-state index contributed by atoms with van der Waals surface area (Å²) in [5.41, 5.74) is 15.2. The fraction of sp³-hybridized carbons (Fsp3) is 0.242. The number of rotatable bonds is 4. The molecule has 0 atom stereocenters. The first-order valence-electron chi connectivity index (χ1n) is 12.7. The number of benzene rings is 4. The Balaban J connectivity index is 1.65. The molecule has 35 heavy (non-hydrogen) atoms. The van der Waals surface area contributed by atoms with Gasteiger partial charge in [0.05, 0.1) is 5.69 Å². The Morgan fingerprint density at radius 2 is 1.46 bits per heavy atom. The molecule has 1 aliphatic rings. The molecule has 2 N–H and O–H groups in total. The molecule has 0 aliphatic heterocycles. The molecule has 2 heteroatoms. The monoisotopic (exact) mass is 456 g/mol. The van der Waals surface area contributed by atoms with Crippen molar-refractivity contribution in [3.05, 3.63) is 102 Å². The predicted molar refractivity (Wildman–Crippen MR) is 149 cm³/mol. The molecule has 0 bridgehead atoms. The van der Waals surface area contributed by atoms with Gasteiger partial charge in [0, 0.05) is 28.1 Å². The normalized spacial score (nSPS) is 14.3. The van der Waals surface area contributed by atoms with Crippen LogP contribution in [0.2, 0.25) is 0 Å². The highest BCUT2D eigenvalue weighted by Crippen LogP contribution is 2.51. The van der Waals surface area contributed by atoms with Gasteiger partial charge in [0.15, 0.2) is 0 Å². The Hall–Kier alpha value is -3.49. The highest BCUT2D eigenvalue weighted by molar-refractivity contribution is 6.11. The van der Waals surface area contributed by atoms with Crippen LogP contribution in [0.4, 0.5) is 0 Å². The second kappa shape index (κ2) is 7.76. The minimum atomic E-state index is -0.290. The van der Waals surface area contributed by atoms with E-state index in [4.69, 9.17) is 10.7 Å². The van der Waals surface area contributed by atoms with Crippen LogP contribution in [0.1, 0.15) is 57.2 Å². The summed E-state index contributed by atoms with van der Waals surface area (Å²) in [5, 5.41) is 5.01. The van der Waals surface area contributed by atoms with E-state index >= 15 is 0 Å². The zero-order valence-corrected chi connectivity index (χ0v) is 21.0. The molecule has 2 nitrogen and oxygen atoms in total. The first kappa shape index (κ1) is 22.0. The maximum atomic E-state index is 6.83. The van der Waals surface area contributed by atoms with E-state index in [1.54, 1.807) is 0 Å². The van der Waals surface area contributed by atoms with Crippen molar-refractivity contribution in [1.29, 1.82) is 0 Å². The van der Waals surface area contributed by atoms with E-state index in [0.717, 1.165) is 18.5 Å². The number of nitrogens with two attached hydrogens (primary N) is 1. The van der Waals surface area contributed by atoms with Crippen molar-refractivity contribution in [2.24, 2.45) is 5.73 Å². The van der Waals surface area contributed by atoms with Gasteiger partial charge in [-0.25, -0.2) is 0 Å². The molecule has 5 aromatic rings. The van der Waals surface area contributed by atoms with Crippen LogP contribution in [0.15, 0.2) is 85.1 Å². The van der Waals surface area contributed by atoms with Gasteiger partial charge in [0.25, 0.3) is 0 Å². The molecular formula is C33H32N2. The summed E-state index contributed by atoms with van der Waals surface area (Å²) in [5.74, 6) is 0. The van der Waals surface area contributed by atoms with Gasteiger partial charge in [0.2, 0.25) is 0 Å². The Bertz CT molecular complexity index is 1600. The van der Waals surface area contributed by atoms with Gasteiger partial charge in [-0.1, -0.05) is 100 Å². The van der Waals surface area contributed by atoms with Gasteiger partial charge >= 0.3 is 0 Å². The van der Waals surface area contributed by atoms with E-state index < -0.39 is 0 Å². The Kier molecular flexibility index (Phi) is 4.88. The molecule has 4 aromatic carbocycles. The van der Waals surface area contributed by atoms with Crippen LogP contribution in [0.5, 0.6) is 0 Å². The standard InChI is InChI=1S/C33H32N2/c1-5-33(34,6-2)22-14-15-24-26-16-17-27(31-23-11-8-7-10-21(23)18-19-35-31)25-12-9-13-28(30(25)26)32(3,4)29(24)20-22/h7-20H,5-6,34H2,1-4H3. The molecule has 0 fully saturated rings. The van der Waals surface area contributed by atoms with Crippen LogP contribution < -0.4 is 5.73 Å². The fourth-order valence-electron chi connectivity index (χ4n) is 6.10. The molecule has 1 aliphatic carbocycles. The zero-order valence-electron chi connectivity index (χ0n) is 21.0. The van der Waals surface area contributed by atoms with E-state index in [1.165, 1.54) is 54.9 Å². The third-order valence-electron chi connectivity index (χ3n) is 8.46. The molecule has 0 spiro atoms. The Labute approximate surface area is 207 Å². The average Bonchev–Trinajstić information content (AvgIpc) is 2.90. The smallest absolute Gasteiger partial charge is 0.0786 e. The third kappa shape index (κ3) is 3.10. The largest absolute Gasteiger partial charge is 0.321 e. The summed E-state index contributed by atoms with van der Waals surface area (Å²) in [7, 11) is 0. The number of nitrogens with zero attached hydrogens (tertiary/aromatic N) is 1. The molecule has 0 radical (unpaired) electrons. The third-order valence-corrected chi connectivity index (χ3v) is 8.46. The quantitative estimate of drug-likeness (QED) is 0.295. The van der Waals surface area contributed by atoms with Crippen molar-refractivity contribution < 1.29 is 0 Å². The first-order valence-corrected chi connectivity index (χ1v) is 12.7. The average molecular weight is 457 g/mol. The van der Waals surface area contributed by atoms with Crippen LogP contribution in [0, 0.1) is 0 Å². The van der Waals surface area contributed by atoms with Gasteiger partial charge in [0.1, 0.15) is 0 Å². The van der Waals surface area contributed by atoms with E-state index in [1.807, 2.05) is 6.20 Å². The van der Waals surface area contributed by atoms with E-state index in [0.29, 0.717) is 0 Å². The number of fused-ring (bicyclic) bond motifs is 3. The lowest BCUT2D eigenvalue weighted by atomic mass is 9.67. The summed E-state index contributed by atoms with van der Waals surface area (Å²) in [6, 6.07) is 28.9. The molecule has 1 heterocycles. The van der Waals surface area contributed by atoms with Crippen molar-refractivity contribution >= 4 is 21.5 Å². The number of hydrogen-bond acceptors (Lipinski definition) is 2. The van der Waals surface area contributed by atoms with Crippen LogP contribution in [-0.2, 0) is 11.0 Å². The molecule has 174 valence electrons. The van der Waals surface area contributed by atoms with E-state index in [9.17, 15) is 0 Å². The number of pyridine rings is 1. The van der Waals surface area contributed by atoms with Gasteiger partial charge in [-0.2, -0.15) is 0 Å². The fourth-order valence-corrected chi connectivity index (χ4v) is 6.10. The molecule has 1 aromatic heterocycles. The first-order chi connectivity index (χ1) is 16.9. The van der Waals surface area contributed by atoms with E-state index in [-0.39, 0.29) is 11.0 Å². The summed E-state index contributed by atoms with van der Waals surface area (Å²) in [6.07, 6.45) is 3.78. The number of aromatic nitrogens is 1. The van der Waals surface area contributed by atoms with Crippen LogP contribution in [0.25, 0.3) is 43.9 Å². The second-order valence-electron chi connectivity index (χ2n) is 10.5. The summed E-state index contributed by atoms with van der Waals surface area (Å²) in [4.78, 5) is 4.85. The lowest BCUT2D eigenvalue weighted by Gasteiger charge is -2.37. The Morgan fingerprint density at radius 1 is 0.743 bits per heavy atom. The molecule has 0 saturated heterocycles. The summed E-state index contributed by atoms with van der Waals surface area (Å²) in [6.45, 7) is 9.08. The minimum absolute atomic E-state index is 0.134. The molecule has 0 unspecified atom stereocenters. The molecular weight excluding hydrogens is 424 g/mol. The molecule has 6 rings (SSSR count). The van der Waals surface area contributed by atoms with Crippen LogP contribution in [-0.4, -0.2) is 4.98 Å². The minimum Gasteiger partial charge on any atom is -0.321 e. The van der Waals surface area contributed by atoms with Crippen molar-refractivity contribution in [2.75, 3.05) is 0 Å². The van der Waals surface area contributed by atoms with Gasteiger partial charge in [-0.15, -0.1) is 0 Å². The van der Waals surface area contributed by atoms with Gasteiger partial charge < -0.3 is 5.73 Å². The van der Waals surface area contributed by atoms with Gasteiger partial charge in [-0.3, -0.25) is 4.98 Å². The molecule has 0 amide bonds. The zero-order chi connectivity index (χ0) is 24.4. The maximum Gasteiger partial charge on any atom is 0.0786 e.